The molecule has 0 atom stereocenters. The highest BCUT2D eigenvalue weighted by Gasteiger charge is 2.12. The van der Waals surface area contributed by atoms with E-state index in [9.17, 15) is 9.59 Å². The summed E-state index contributed by atoms with van der Waals surface area (Å²) in [4.78, 5) is 24.0. The molecule has 2 aromatic carbocycles. The number of benzene rings is 2. The smallest absolute Gasteiger partial charge is 0.259 e. The SMILES string of the molecule is COc1ccccc1C(=O)NCC(=O)NN=C(C)c1ccc(Br)cc1. The van der Waals surface area contributed by atoms with Crippen molar-refractivity contribution in [2.75, 3.05) is 13.7 Å². The topological polar surface area (TPSA) is 79.8 Å². The second kappa shape index (κ2) is 8.98. The van der Waals surface area contributed by atoms with Crippen molar-refractivity contribution < 1.29 is 14.3 Å². The molecule has 2 amide bonds. The van der Waals surface area contributed by atoms with Crippen LogP contribution in [0.15, 0.2) is 58.1 Å². The van der Waals surface area contributed by atoms with Crippen LogP contribution >= 0.6 is 15.9 Å². The Morgan fingerprint density at radius 2 is 1.80 bits per heavy atom. The van der Waals surface area contributed by atoms with Crippen molar-refractivity contribution in [1.82, 2.24) is 10.7 Å². The van der Waals surface area contributed by atoms with Crippen molar-refractivity contribution in [3.63, 3.8) is 0 Å². The maximum Gasteiger partial charge on any atom is 0.259 e. The maximum atomic E-state index is 12.1. The average Bonchev–Trinajstić information content (AvgIpc) is 2.64. The zero-order chi connectivity index (χ0) is 18.2. The summed E-state index contributed by atoms with van der Waals surface area (Å²) in [5.74, 6) is -0.356. The molecule has 0 aliphatic carbocycles. The van der Waals surface area contributed by atoms with E-state index in [1.54, 1.807) is 31.2 Å². The molecule has 2 N–H and O–H groups in total. The van der Waals surface area contributed by atoms with Crippen molar-refractivity contribution in [2.24, 2.45) is 5.10 Å². The minimum absolute atomic E-state index is 0.187. The second-order valence-electron chi connectivity index (χ2n) is 5.12. The van der Waals surface area contributed by atoms with E-state index in [0.717, 1.165) is 10.0 Å². The largest absolute Gasteiger partial charge is 0.496 e. The molecular formula is C18H18BrN3O3. The van der Waals surface area contributed by atoms with Gasteiger partial charge in [0.1, 0.15) is 5.75 Å². The molecule has 2 aromatic rings. The van der Waals surface area contributed by atoms with Gasteiger partial charge in [-0.2, -0.15) is 5.10 Å². The van der Waals surface area contributed by atoms with Crippen LogP contribution in [0.2, 0.25) is 0 Å². The fraction of sp³-hybridized carbons (Fsp3) is 0.167. The van der Waals surface area contributed by atoms with Gasteiger partial charge in [-0.3, -0.25) is 9.59 Å². The van der Waals surface area contributed by atoms with Gasteiger partial charge in [0.2, 0.25) is 0 Å². The molecule has 25 heavy (non-hydrogen) atoms. The number of hydrogen-bond donors (Lipinski definition) is 2. The lowest BCUT2D eigenvalue weighted by Gasteiger charge is -2.08. The third-order valence-electron chi connectivity index (χ3n) is 3.37. The summed E-state index contributed by atoms with van der Waals surface area (Å²) in [5, 5.41) is 6.57. The van der Waals surface area contributed by atoms with Crippen LogP contribution in [0.1, 0.15) is 22.8 Å². The first-order valence-electron chi connectivity index (χ1n) is 7.51. The molecule has 0 unspecified atom stereocenters. The quantitative estimate of drug-likeness (QED) is 0.574. The molecule has 0 saturated carbocycles. The number of carbonyl (C=O) groups is 2. The van der Waals surface area contributed by atoms with Crippen LogP contribution in [0.25, 0.3) is 0 Å². The Hall–Kier alpha value is -2.67. The number of ether oxygens (including phenoxy) is 1. The molecular weight excluding hydrogens is 386 g/mol. The summed E-state index contributed by atoms with van der Waals surface area (Å²) in [6, 6.07) is 14.4. The molecule has 0 fully saturated rings. The highest BCUT2D eigenvalue weighted by molar-refractivity contribution is 9.10. The fourth-order valence-corrected chi connectivity index (χ4v) is 2.29. The maximum absolute atomic E-state index is 12.1. The number of para-hydroxylation sites is 1. The van der Waals surface area contributed by atoms with Gasteiger partial charge in [-0.05, 0) is 36.8 Å². The fourth-order valence-electron chi connectivity index (χ4n) is 2.03. The molecule has 7 heteroatoms. The van der Waals surface area contributed by atoms with Gasteiger partial charge >= 0.3 is 0 Å². The summed E-state index contributed by atoms with van der Waals surface area (Å²) in [6.45, 7) is 1.60. The summed E-state index contributed by atoms with van der Waals surface area (Å²) >= 11 is 3.36. The van der Waals surface area contributed by atoms with E-state index in [4.69, 9.17) is 4.74 Å². The van der Waals surface area contributed by atoms with E-state index < -0.39 is 5.91 Å². The van der Waals surface area contributed by atoms with E-state index >= 15 is 0 Å². The monoisotopic (exact) mass is 403 g/mol. The first kappa shape index (κ1) is 18.7. The predicted octanol–water partition coefficient (Wildman–Crippen LogP) is 2.73. The Morgan fingerprint density at radius 3 is 2.48 bits per heavy atom. The standard InChI is InChI=1S/C18H18BrN3O3/c1-12(13-7-9-14(19)10-8-13)21-22-17(23)11-20-18(24)15-5-3-4-6-16(15)25-2/h3-10H,11H2,1-2H3,(H,20,24)(H,22,23). The third-order valence-corrected chi connectivity index (χ3v) is 3.90. The molecule has 130 valence electrons. The number of hydrazone groups is 1. The zero-order valence-electron chi connectivity index (χ0n) is 13.9. The normalized spacial score (nSPS) is 10.9. The second-order valence-corrected chi connectivity index (χ2v) is 6.04. The highest BCUT2D eigenvalue weighted by Crippen LogP contribution is 2.16. The number of methoxy groups -OCH3 is 1. The molecule has 0 aliphatic rings. The first-order chi connectivity index (χ1) is 12.0. The zero-order valence-corrected chi connectivity index (χ0v) is 15.5. The lowest BCUT2D eigenvalue weighted by atomic mass is 10.1. The number of nitrogens with one attached hydrogen (secondary N) is 2. The first-order valence-corrected chi connectivity index (χ1v) is 8.31. The molecule has 0 heterocycles. The van der Waals surface area contributed by atoms with Gasteiger partial charge in [0.05, 0.1) is 24.9 Å². The van der Waals surface area contributed by atoms with Crippen LogP contribution in [0.5, 0.6) is 5.75 Å². The van der Waals surface area contributed by atoms with Crippen LogP contribution in [-0.2, 0) is 4.79 Å². The molecule has 6 nitrogen and oxygen atoms in total. The van der Waals surface area contributed by atoms with Crippen molar-refractivity contribution in [3.05, 3.63) is 64.1 Å². The van der Waals surface area contributed by atoms with Crippen LogP contribution in [0, 0.1) is 0 Å². The average molecular weight is 404 g/mol. The minimum Gasteiger partial charge on any atom is -0.496 e. The summed E-state index contributed by atoms with van der Waals surface area (Å²) in [6.07, 6.45) is 0. The van der Waals surface area contributed by atoms with Crippen molar-refractivity contribution in [2.45, 2.75) is 6.92 Å². The Kier molecular flexibility index (Phi) is 6.71. The molecule has 0 bridgehead atoms. The van der Waals surface area contributed by atoms with E-state index in [-0.39, 0.29) is 12.5 Å². The number of nitrogens with zero attached hydrogens (tertiary/aromatic N) is 1. The van der Waals surface area contributed by atoms with Crippen LogP contribution < -0.4 is 15.5 Å². The lowest BCUT2D eigenvalue weighted by Crippen LogP contribution is -2.35. The molecule has 2 rings (SSSR count). The Labute approximate surface area is 154 Å². The number of rotatable bonds is 6. The lowest BCUT2D eigenvalue weighted by molar-refractivity contribution is -0.120. The van der Waals surface area contributed by atoms with Gasteiger partial charge in [-0.15, -0.1) is 0 Å². The van der Waals surface area contributed by atoms with Gasteiger partial charge in [-0.1, -0.05) is 40.2 Å². The van der Waals surface area contributed by atoms with Crippen molar-refractivity contribution >= 4 is 33.5 Å². The van der Waals surface area contributed by atoms with Gasteiger partial charge < -0.3 is 10.1 Å². The van der Waals surface area contributed by atoms with Crippen molar-refractivity contribution in [1.29, 1.82) is 0 Å². The number of hydrogen-bond acceptors (Lipinski definition) is 4. The van der Waals surface area contributed by atoms with Gasteiger partial charge in [-0.25, -0.2) is 5.43 Å². The van der Waals surface area contributed by atoms with E-state index in [1.807, 2.05) is 24.3 Å². The van der Waals surface area contributed by atoms with Crippen LogP contribution in [0.3, 0.4) is 0 Å². The molecule has 0 aromatic heterocycles. The number of halogens is 1. The molecule has 0 saturated heterocycles. The molecule has 0 spiro atoms. The van der Waals surface area contributed by atoms with E-state index in [2.05, 4.69) is 31.8 Å². The van der Waals surface area contributed by atoms with Crippen molar-refractivity contribution in [3.8, 4) is 5.75 Å². The van der Waals surface area contributed by atoms with E-state index in [0.29, 0.717) is 17.0 Å². The van der Waals surface area contributed by atoms with Crippen LogP contribution in [0.4, 0.5) is 0 Å². The minimum atomic E-state index is -0.417. The Balaban J connectivity index is 1.89. The van der Waals surface area contributed by atoms with Gasteiger partial charge in [0.25, 0.3) is 11.8 Å². The predicted molar refractivity (Wildman–Crippen MR) is 99.8 cm³/mol. The van der Waals surface area contributed by atoms with Gasteiger partial charge in [0, 0.05) is 4.47 Å². The Bertz CT molecular complexity index is 788. The molecule has 0 radical (unpaired) electrons. The van der Waals surface area contributed by atoms with Crippen LogP contribution in [-0.4, -0.2) is 31.2 Å². The Morgan fingerprint density at radius 1 is 1.12 bits per heavy atom. The summed E-state index contributed by atoms with van der Waals surface area (Å²) < 4.78 is 6.09. The summed E-state index contributed by atoms with van der Waals surface area (Å²) in [5.41, 5.74) is 4.34. The third kappa shape index (κ3) is 5.42. The molecule has 0 aliphatic heterocycles. The van der Waals surface area contributed by atoms with E-state index in [1.165, 1.54) is 7.11 Å². The number of carbonyl (C=O) groups excluding carboxylic acids is 2. The van der Waals surface area contributed by atoms with Gasteiger partial charge in [0.15, 0.2) is 0 Å². The highest BCUT2D eigenvalue weighted by atomic mass is 79.9. The number of amides is 2. The summed E-state index contributed by atoms with van der Waals surface area (Å²) in [7, 11) is 1.48.